The summed E-state index contributed by atoms with van der Waals surface area (Å²) in [6.07, 6.45) is 4.93. The van der Waals surface area contributed by atoms with Crippen molar-refractivity contribution < 1.29 is 9.59 Å². The second kappa shape index (κ2) is 7.76. The molecule has 2 amide bonds. The number of benzene rings is 2. The number of hydrogen-bond donors (Lipinski definition) is 2. The van der Waals surface area contributed by atoms with E-state index in [1.807, 2.05) is 40.1 Å². The first-order chi connectivity index (χ1) is 16.1. The summed E-state index contributed by atoms with van der Waals surface area (Å²) < 4.78 is 0. The summed E-state index contributed by atoms with van der Waals surface area (Å²) in [5.41, 5.74) is 6.70. The molecule has 0 radical (unpaired) electrons. The molecule has 0 saturated carbocycles. The van der Waals surface area contributed by atoms with Crippen molar-refractivity contribution in [3.63, 3.8) is 0 Å². The van der Waals surface area contributed by atoms with Crippen LogP contribution in [0.15, 0.2) is 42.7 Å². The van der Waals surface area contributed by atoms with Crippen molar-refractivity contribution in [1.82, 2.24) is 24.8 Å². The molecule has 1 saturated heterocycles. The van der Waals surface area contributed by atoms with E-state index in [0.29, 0.717) is 37.7 Å². The number of carbonyl (C=O) groups excluding carboxylic acids is 2. The monoisotopic (exact) mass is 441 g/mol. The van der Waals surface area contributed by atoms with Gasteiger partial charge in [0.1, 0.15) is 0 Å². The first-order valence-electron chi connectivity index (χ1n) is 11.7. The maximum absolute atomic E-state index is 13.4. The van der Waals surface area contributed by atoms with E-state index in [4.69, 9.17) is 0 Å². The van der Waals surface area contributed by atoms with E-state index in [9.17, 15) is 9.59 Å². The second-order valence-electron chi connectivity index (χ2n) is 9.38. The number of hydrogen-bond acceptors (Lipinski definition) is 3. The lowest BCUT2D eigenvalue weighted by atomic mass is 9.87. The smallest absolute Gasteiger partial charge is 0.256 e. The van der Waals surface area contributed by atoms with Gasteiger partial charge in [-0.15, -0.1) is 0 Å². The fourth-order valence-electron chi connectivity index (χ4n) is 5.33. The maximum Gasteiger partial charge on any atom is 0.256 e. The van der Waals surface area contributed by atoms with E-state index >= 15 is 0 Å². The van der Waals surface area contributed by atoms with Crippen LogP contribution in [0.2, 0.25) is 0 Å². The average Bonchev–Trinajstić information content (AvgIpc) is 3.47. The number of amides is 2. The molecule has 0 bridgehead atoms. The molecule has 1 atom stereocenters. The van der Waals surface area contributed by atoms with Gasteiger partial charge in [0.15, 0.2) is 0 Å². The van der Waals surface area contributed by atoms with Gasteiger partial charge in [-0.05, 0) is 55.0 Å². The molecule has 7 nitrogen and oxygen atoms in total. The molecule has 4 aromatic rings. The zero-order valence-corrected chi connectivity index (χ0v) is 18.7. The summed E-state index contributed by atoms with van der Waals surface area (Å²) in [5, 5.41) is 1.19. The van der Waals surface area contributed by atoms with Crippen molar-refractivity contribution >= 4 is 33.8 Å². The Balaban J connectivity index is 1.19. The number of aromatic amines is 2. The Morgan fingerprint density at radius 3 is 2.64 bits per heavy atom. The van der Waals surface area contributed by atoms with Gasteiger partial charge in [-0.3, -0.25) is 9.59 Å². The molecule has 7 heteroatoms. The first kappa shape index (κ1) is 20.0. The van der Waals surface area contributed by atoms with Crippen molar-refractivity contribution in [2.45, 2.75) is 26.2 Å². The second-order valence-corrected chi connectivity index (χ2v) is 9.38. The average molecular weight is 442 g/mol. The summed E-state index contributed by atoms with van der Waals surface area (Å²) in [4.78, 5) is 41.0. The molecule has 2 aromatic carbocycles. The maximum atomic E-state index is 13.4. The van der Waals surface area contributed by atoms with Crippen molar-refractivity contribution in [3.8, 4) is 0 Å². The number of imidazole rings is 1. The Kier molecular flexibility index (Phi) is 4.71. The highest BCUT2D eigenvalue weighted by Crippen LogP contribution is 2.33. The lowest BCUT2D eigenvalue weighted by molar-refractivity contribution is 0.0536. The molecular formula is C26H27N5O2. The summed E-state index contributed by atoms with van der Waals surface area (Å²) in [7, 11) is 0. The third-order valence-electron chi connectivity index (χ3n) is 7.22. The van der Waals surface area contributed by atoms with Crippen LogP contribution in [0, 0.1) is 5.92 Å². The van der Waals surface area contributed by atoms with Crippen molar-refractivity contribution in [3.05, 3.63) is 65.1 Å². The van der Waals surface area contributed by atoms with Crippen molar-refractivity contribution in [1.29, 1.82) is 0 Å². The number of rotatable bonds is 2. The number of nitrogens with zero attached hydrogens (tertiary/aromatic N) is 3. The largest absolute Gasteiger partial charge is 0.358 e. The van der Waals surface area contributed by atoms with E-state index in [0.717, 1.165) is 35.0 Å². The van der Waals surface area contributed by atoms with Gasteiger partial charge in [0, 0.05) is 42.8 Å². The molecule has 168 valence electrons. The molecule has 0 spiro atoms. The Hall–Kier alpha value is -3.61. The third kappa shape index (κ3) is 3.39. The van der Waals surface area contributed by atoms with E-state index in [1.165, 1.54) is 23.1 Å². The van der Waals surface area contributed by atoms with Crippen molar-refractivity contribution in [2.24, 2.45) is 5.92 Å². The van der Waals surface area contributed by atoms with Crippen molar-refractivity contribution in [2.75, 3.05) is 26.2 Å². The van der Waals surface area contributed by atoms with E-state index < -0.39 is 0 Å². The number of H-pyrrole nitrogens is 2. The first-order valence-corrected chi connectivity index (χ1v) is 11.7. The number of nitrogens with one attached hydrogen (secondary N) is 2. The topological polar surface area (TPSA) is 85.1 Å². The van der Waals surface area contributed by atoms with Gasteiger partial charge in [0.05, 0.1) is 28.4 Å². The van der Waals surface area contributed by atoms with Gasteiger partial charge in [0.25, 0.3) is 11.8 Å². The summed E-state index contributed by atoms with van der Waals surface area (Å²) in [6.45, 7) is 4.42. The quantitative estimate of drug-likeness (QED) is 0.497. The number of para-hydroxylation sites is 1. The number of aromatic nitrogens is 3. The summed E-state index contributed by atoms with van der Waals surface area (Å²) in [6, 6.07) is 11.6. The van der Waals surface area contributed by atoms with Crippen LogP contribution in [0.25, 0.3) is 21.9 Å². The van der Waals surface area contributed by atoms with Gasteiger partial charge < -0.3 is 19.8 Å². The zero-order valence-electron chi connectivity index (χ0n) is 18.7. The molecule has 6 rings (SSSR count). The molecule has 1 aliphatic heterocycles. The van der Waals surface area contributed by atoms with Crippen LogP contribution in [0.3, 0.4) is 0 Å². The SMILES string of the molecule is CC1CCc2[nH]c3c(C(=O)N4CCN(C(=O)c5ccc6nc[nH]c6c5)CC4)cccc3c2C1. The zero-order chi connectivity index (χ0) is 22.5. The predicted octanol–water partition coefficient (Wildman–Crippen LogP) is 3.77. The minimum Gasteiger partial charge on any atom is -0.358 e. The molecule has 33 heavy (non-hydrogen) atoms. The Morgan fingerprint density at radius 2 is 1.82 bits per heavy atom. The fraction of sp³-hybridized carbons (Fsp3) is 0.346. The molecule has 1 aliphatic carbocycles. The van der Waals surface area contributed by atoms with Crippen LogP contribution < -0.4 is 0 Å². The van der Waals surface area contributed by atoms with Gasteiger partial charge >= 0.3 is 0 Å². The minimum atomic E-state index is -0.00753. The normalized spacial score (nSPS) is 18.6. The molecule has 1 unspecified atom stereocenters. The van der Waals surface area contributed by atoms with Crippen LogP contribution in [-0.2, 0) is 12.8 Å². The lowest BCUT2D eigenvalue weighted by Crippen LogP contribution is -2.50. The molecular weight excluding hydrogens is 414 g/mol. The van der Waals surface area contributed by atoms with Crippen LogP contribution >= 0.6 is 0 Å². The number of aryl methyl sites for hydroxylation is 1. The highest BCUT2D eigenvalue weighted by molar-refractivity contribution is 6.07. The van der Waals surface area contributed by atoms with Gasteiger partial charge in [0.2, 0.25) is 0 Å². The summed E-state index contributed by atoms with van der Waals surface area (Å²) in [5.74, 6) is 0.709. The number of fused-ring (bicyclic) bond motifs is 4. The number of piperazine rings is 1. The Labute approximate surface area is 191 Å². The molecule has 1 fully saturated rings. The third-order valence-corrected chi connectivity index (χ3v) is 7.22. The fourth-order valence-corrected chi connectivity index (χ4v) is 5.33. The molecule has 2 aliphatic rings. The standard InChI is InChI=1S/C26H27N5O2/c1-16-5-7-21-20(13-16)18-3-2-4-19(24(18)29-21)26(33)31-11-9-30(10-12-31)25(32)17-6-8-22-23(14-17)28-15-27-22/h2-4,6,8,14-16,29H,5,7,9-13H2,1H3,(H,27,28). The van der Waals surface area contributed by atoms with Gasteiger partial charge in [-0.2, -0.15) is 0 Å². The Morgan fingerprint density at radius 1 is 1.03 bits per heavy atom. The van der Waals surface area contributed by atoms with Crippen LogP contribution in [0.1, 0.15) is 45.3 Å². The molecule has 2 aromatic heterocycles. The molecule has 3 heterocycles. The van der Waals surface area contributed by atoms with Crippen LogP contribution in [0.4, 0.5) is 0 Å². The minimum absolute atomic E-state index is 0.00753. The van der Waals surface area contributed by atoms with Crippen LogP contribution in [-0.4, -0.2) is 62.7 Å². The highest BCUT2D eigenvalue weighted by atomic mass is 16.2. The summed E-state index contributed by atoms with van der Waals surface area (Å²) >= 11 is 0. The highest BCUT2D eigenvalue weighted by Gasteiger charge is 2.28. The molecule has 2 N–H and O–H groups in total. The Bertz CT molecular complexity index is 1380. The number of carbonyl (C=O) groups is 2. The van der Waals surface area contributed by atoms with Gasteiger partial charge in [-0.25, -0.2) is 4.98 Å². The van der Waals surface area contributed by atoms with E-state index in [2.05, 4.69) is 27.9 Å². The predicted molar refractivity (Wildman–Crippen MR) is 127 cm³/mol. The lowest BCUT2D eigenvalue weighted by Gasteiger charge is -2.35. The van der Waals surface area contributed by atoms with E-state index in [-0.39, 0.29) is 11.8 Å². The van der Waals surface area contributed by atoms with E-state index in [1.54, 1.807) is 6.33 Å². The van der Waals surface area contributed by atoms with Gasteiger partial charge in [-0.1, -0.05) is 19.1 Å². The van der Waals surface area contributed by atoms with Crippen LogP contribution in [0.5, 0.6) is 0 Å².